The quantitative estimate of drug-likeness (QED) is 0.795. The molecule has 0 bridgehead atoms. The summed E-state index contributed by atoms with van der Waals surface area (Å²) in [6, 6.07) is 8.56. The molecule has 2 rings (SSSR count). The van der Waals surface area contributed by atoms with Crippen molar-refractivity contribution in [2.24, 2.45) is 0 Å². The molecule has 1 N–H and O–H groups in total. The fraction of sp³-hybridized carbons (Fsp3) is 0.375. The number of ether oxygens (including phenoxy) is 1. The van der Waals surface area contributed by atoms with E-state index in [4.69, 9.17) is 4.74 Å². The molecule has 0 aliphatic rings. The van der Waals surface area contributed by atoms with Crippen molar-refractivity contribution in [3.8, 4) is 5.88 Å². The van der Waals surface area contributed by atoms with Crippen LogP contribution in [0.15, 0.2) is 41.6 Å². The maximum absolute atomic E-state index is 5.34. The van der Waals surface area contributed by atoms with Gasteiger partial charge in [0.05, 0.1) is 13.2 Å². The van der Waals surface area contributed by atoms with E-state index in [2.05, 4.69) is 53.4 Å². The minimum atomic E-state index is -0.0145. The Morgan fingerprint density at radius 3 is 2.48 bits per heavy atom. The van der Waals surface area contributed by atoms with Crippen LogP contribution in [0, 0.1) is 0 Å². The molecule has 1 aromatic carbocycles. The van der Waals surface area contributed by atoms with Gasteiger partial charge in [-0.1, -0.05) is 26.0 Å². The SMILES string of the molecule is CCNC(c1ccc(SCC)cc1)c1nccnc1OC. The van der Waals surface area contributed by atoms with Crippen LogP contribution in [0.1, 0.15) is 31.1 Å². The normalized spacial score (nSPS) is 12.1. The highest BCUT2D eigenvalue weighted by atomic mass is 32.2. The van der Waals surface area contributed by atoms with Crippen LogP contribution in [-0.2, 0) is 0 Å². The molecule has 1 heterocycles. The molecule has 4 nitrogen and oxygen atoms in total. The van der Waals surface area contributed by atoms with Gasteiger partial charge < -0.3 is 10.1 Å². The fourth-order valence-corrected chi connectivity index (χ4v) is 2.85. The maximum Gasteiger partial charge on any atom is 0.237 e. The average molecular weight is 303 g/mol. The van der Waals surface area contributed by atoms with Gasteiger partial charge in [0.25, 0.3) is 0 Å². The summed E-state index contributed by atoms with van der Waals surface area (Å²) in [7, 11) is 1.62. The number of rotatable bonds is 7. The highest BCUT2D eigenvalue weighted by Gasteiger charge is 2.19. The summed E-state index contributed by atoms with van der Waals surface area (Å²) in [6.45, 7) is 5.08. The second-order valence-corrected chi connectivity index (χ2v) is 5.78. The van der Waals surface area contributed by atoms with E-state index in [1.54, 1.807) is 19.5 Å². The first-order valence-corrected chi connectivity index (χ1v) is 8.09. The van der Waals surface area contributed by atoms with Crippen molar-refractivity contribution in [1.82, 2.24) is 15.3 Å². The molecular formula is C16H21N3OS. The van der Waals surface area contributed by atoms with E-state index in [0.29, 0.717) is 5.88 Å². The van der Waals surface area contributed by atoms with Crippen molar-refractivity contribution in [3.05, 3.63) is 47.9 Å². The monoisotopic (exact) mass is 303 g/mol. The van der Waals surface area contributed by atoms with E-state index in [9.17, 15) is 0 Å². The molecule has 21 heavy (non-hydrogen) atoms. The van der Waals surface area contributed by atoms with Gasteiger partial charge in [0, 0.05) is 17.3 Å². The molecule has 5 heteroatoms. The number of methoxy groups -OCH3 is 1. The third-order valence-corrected chi connectivity index (χ3v) is 3.98. The third-order valence-electron chi connectivity index (χ3n) is 3.09. The van der Waals surface area contributed by atoms with Crippen molar-refractivity contribution < 1.29 is 4.74 Å². The Hall–Kier alpha value is -1.59. The van der Waals surface area contributed by atoms with Gasteiger partial charge >= 0.3 is 0 Å². The molecule has 0 saturated heterocycles. The minimum Gasteiger partial charge on any atom is -0.480 e. The summed E-state index contributed by atoms with van der Waals surface area (Å²) in [5.41, 5.74) is 1.98. The minimum absolute atomic E-state index is 0.0145. The van der Waals surface area contributed by atoms with Crippen LogP contribution in [0.3, 0.4) is 0 Å². The lowest BCUT2D eigenvalue weighted by atomic mass is 10.0. The highest BCUT2D eigenvalue weighted by Crippen LogP contribution is 2.28. The van der Waals surface area contributed by atoms with E-state index < -0.39 is 0 Å². The lowest BCUT2D eigenvalue weighted by Crippen LogP contribution is -2.23. The first-order chi connectivity index (χ1) is 10.3. The Kier molecular flexibility index (Phi) is 6.02. The van der Waals surface area contributed by atoms with E-state index in [-0.39, 0.29) is 6.04 Å². The summed E-state index contributed by atoms with van der Waals surface area (Å²) < 4.78 is 5.34. The molecule has 112 valence electrons. The molecule has 0 fully saturated rings. The van der Waals surface area contributed by atoms with Gasteiger partial charge in [-0.2, -0.15) is 0 Å². The summed E-state index contributed by atoms with van der Waals surface area (Å²) in [5.74, 6) is 1.64. The second-order valence-electron chi connectivity index (χ2n) is 4.44. The summed E-state index contributed by atoms with van der Waals surface area (Å²) >= 11 is 1.84. The number of hydrogen-bond acceptors (Lipinski definition) is 5. The second kappa shape index (κ2) is 8.00. The van der Waals surface area contributed by atoms with Crippen molar-refractivity contribution in [2.75, 3.05) is 19.4 Å². The smallest absolute Gasteiger partial charge is 0.237 e. The van der Waals surface area contributed by atoms with Crippen LogP contribution in [0.25, 0.3) is 0 Å². The van der Waals surface area contributed by atoms with Crippen molar-refractivity contribution in [1.29, 1.82) is 0 Å². The summed E-state index contributed by atoms with van der Waals surface area (Å²) in [6.07, 6.45) is 3.34. The lowest BCUT2D eigenvalue weighted by molar-refractivity contribution is 0.383. The molecule has 0 spiro atoms. The molecular weight excluding hydrogens is 282 g/mol. The zero-order valence-electron chi connectivity index (χ0n) is 12.7. The van der Waals surface area contributed by atoms with E-state index in [0.717, 1.165) is 23.6 Å². The van der Waals surface area contributed by atoms with Crippen LogP contribution in [-0.4, -0.2) is 29.4 Å². The third kappa shape index (κ3) is 3.95. The molecule has 1 aromatic heterocycles. The first-order valence-electron chi connectivity index (χ1n) is 7.11. The highest BCUT2D eigenvalue weighted by molar-refractivity contribution is 7.99. The van der Waals surface area contributed by atoms with E-state index in [1.807, 2.05) is 11.8 Å². The van der Waals surface area contributed by atoms with Gasteiger partial charge in [-0.25, -0.2) is 4.98 Å². The molecule has 0 aliphatic carbocycles. The fourth-order valence-electron chi connectivity index (χ4n) is 2.19. The predicted molar refractivity (Wildman–Crippen MR) is 86.9 cm³/mol. The van der Waals surface area contributed by atoms with Gasteiger partial charge in [-0.05, 0) is 30.0 Å². The molecule has 2 aromatic rings. The van der Waals surface area contributed by atoms with Crippen LogP contribution in [0.4, 0.5) is 0 Å². The zero-order chi connectivity index (χ0) is 15.1. The Bertz CT molecular complexity index is 560. The average Bonchev–Trinajstić information content (AvgIpc) is 2.54. The van der Waals surface area contributed by atoms with Crippen LogP contribution in [0.5, 0.6) is 5.88 Å². The Labute approximate surface area is 130 Å². The molecule has 0 radical (unpaired) electrons. The van der Waals surface area contributed by atoms with Crippen LogP contribution >= 0.6 is 11.8 Å². The molecule has 0 saturated carbocycles. The van der Waals surface area contributed by atoms with Gasteiger partial charge in [0.2, 0.25) is 5.88 Å². The summed E-state index contributed by atoms with van der Waals surface area (Å²) in [5, 5.41) is 3.45. The Morgan fingerprint density at radius 2 is 1.86 bits per heavy atom. The molecule has 0 amide bonds. The zero-order valence-corrected chi connectivity index (χ0v) is 13.5. The number of benzene rings is 1. The molecule has 0 aliphatic heterocycles. The van der Waals surface area contributed by atoms with Crippen molar-refractivity contribution >= 4 is 11.8 Å². The van der Waals surface area contributed by atoms with Gasteiger partial charge in [-0.3, -0.25) is 4.98 Å². The largest absolute Gasteiger partial charge is 0.480 e. The van der Waals surface area contributed by atoms with Crippen molar-refractivity contribution in [3.63, 3.8) is 0 Å². The topological polar surface area (TPSA) is 47.0 Å². The van der Waals surface area contributed by atoms with Crippen molar-refractivity contribution in [2.45, 2.75) is 24.8 Å². The van der Waals surface area contributed by atoms with Gasteiger partial charge in [-0.15, -0.1) is 11.8 Å². The van der Waals surface area contributed by atoms with E-state index in [1.165, 1.54) is 4.90 Å². The number of nitrogens with one attached hydrogen (secondary N) is 1. The standard InChI is InChI=1S/C16H21N3OS/c1-4-17-14(15-16(20-3)19-11-10-18-15)12-6-8-13(9-7-12)21-5-2/h6-11,14,17H,4-5H2,1-3H3. The van der Waals surface area contributed by atoms with Gasteiger partial charge in [0.15, 0.2) is 0 Å². The summed E-state index contributed by atoms with van der Waals surface area (Å²) in [4.78, 5) is 9.97. The molecule has 1 unspecified atom stereocenters. The van der Waals surface area contributed by atoms with Crippen LogP contribution < -0.4 is 10.1 Å². The Balaban J connectivity index is 2.33. The van der Waals surface area contributed by atoms with Crippen LogP contribution in [0.2, 0.25) is 0 Å². The maximum atomic E-state index is 5.34. The van der Waals surface area contributed by atoms with Gasteiger partial charge in [0.1, 0.15) is 5.69 Å². The first kappa shape index (κ1) is 15.8. The van der Waals surface area contributed by atoms with E-state index >= 15 is 0 Å². The predicted octanol–water partition coefficient (Wildman–Crippen LogP) is 3.30. The number of thioether (sulfide) groups is 1. The number of nitrogens with zero attached hydrogens (tertiary/aromatic N) is 2. The molecule has 1 atom stereocenters. The lowest BCUT2D eigenvalue weighted by Gasteiger charge is -2.19. The number of hydrogen-bond donors (Lipinski definition) is 1. The Morgan fingerprint density at radius 1 is 1.14 bits per heavy atom. The number of aromatic nitrogens is 2.